The number of halogens is 3. The molecular weight excluding hydrogens is 267 g/mol. The number of amides is 1. The topological polar surface area (TPSA) is 46.2 Å². The Balaban J connectivity index is 2.68. The number of anilines is 1. The van der Waals surface area contributed by atoms with Gasteiger partial charge in [0.25, 0.3) is 0 Å². The van der Waals surface area contributed by atoms with E-state index in [4.69, 9.17) is 0 Å². The third-order valence-corrected chi connectivity index (χ3v) is 3.08. The lowest BCUT2D eigenvalue weighted by Gasteiger charge is -2.10. The molecule has 0 spiro atoms. The van der Waals surface area contributed by atoms with Gasteiger partial charge in [-0.1, -0.05) is 12.1 Å². The first-order valence-corrected chi connectivity index (χ1v) is 6.64. The minimum atomic E-state index is -4.36. The van der Waals surface area contributed by atoms with Crippen molar-refractivity contribution in [3.63, 3.8) is 0 Å². The maximum Gasteiger partial charge on any atom is 0.389 e. The van der Waals surface area contributed by atoms with Gasteiger partial charge in [-0.25, -0.2) is 0 Å². The minimum absolute atomic E-state index is 0.283. The van der Waals surface area contributed by atoms with Crippen molar-refractivity contribution < 1.29 is 22.2 Å². The SMILES string of the molecule is CS(=O)c1ccccc1NC(=O)CCC(F)(F)F. The molecule has 1 aromatic rings. The van der Waals surface area contributed by atoms with E-state index >= 15 is 0 Å². The Morgan fingerprint density at radius 2 is 1.94 bits per heavy atom. The Bertz CT molecular complexity index is 460. The summed E-state index contributed by atoms with van der Waals surface area (Å²) in [7, 11) is -1.31. The second kappa shape index (κ2) is 5.99. The van der Waals surface area contributed by atoms with Gasteiger partial charge in [-0.2, -0.15) is 13.2 Å². The van der Waals surface area contributed by atoms with Gasteiger partial charge in [-0.3, -0.25) is 9.00 Å². The first-order valence-electron chi connectivity index (χ1n) is 5.08. The number of carbonyl (C=O) groups excluding carboxylic acids is 1. The van der Waals surface area contributed by atoms with Crippen molar-refractivity contribution in [2.75, 3.05) is 11.6 Å². The number of alkyl halides is 3. The van der Waals surface area contributed by atoms with E-state index in [0.29, 0.717) is 4.90 Å². The Labute approximate surface area is 105 Å². The van der Waals surface area contributed by atoms with E-state index in [1.165, 1.54) is 12.3 Å². The van der Waals surface area contributed by atoms with Crippen LogP contribution in [0.15, 0.2) is 29.2 Å². The largest absolute Gasteiger partial charge is 0.389 e. The fraction of sp³-hybridized carbons (Fsp3) is 0.364. The van der Waals surface area contributed by atoms with Crippen LogP contribution in [0.25, 0.3) is 0 Å². The smallest absolute Gasteiger partial charge is 0.325 e. The highest BCUT2D eigenvalue weighted by Gasteiger charge is 2.28. The molecule has 1 amide bonds. The Kier molecular flexibility index (Phi) is 4.89. The van der Waals surface area contributed by atoms with Gasteiger partial charge in [0.1, 0.15) is 0 Å². The molecular formula is C11H12F3NO2S. The molecule has 1 atom stereocenters. The van der Waals surface area contributed by atoms with E-state index in [9.17, 15) is 22.2 Å². The Morgan fingerprint density at radius 1 is 1.33 bits per heavy atom. The van der Waals surface area contributed by atoms with Crippen LogP contribution in [0.5, 0.6) is 0 Å². The number of benzene rings is 1. The molecule has 0 aliphatic heterocycles. The summed E-state index contributed by atoms with van der Waals surface area (Å²) in [4.78, 5) is 11.7. The number of carbonyl (C=O) groups is 1. The maximum absolute atomic E-state index is 11.9. The third kappa shape index (κ3) is 4.87. The van der Waals surface area contributed by atoms with Gasteiger partial charge in [0.2, 0.25) is 5.91 Å². The first kappa shape index (κ1) is 14.7. The fourth-order valence-corrected chi connectivity index (χ4v) is 1.99. The normalized spacial score (nSPS) is 13.1. The van der Waals surface area contributed by atoms with Gasteiger partial charge in [0, 0.05) is 12.7 Å². The summed E-state index contributed by atoms with van der Waals surface area (Å²) >= 11 is 0. The van der Waals surface area contributed by atoms with Gasteiger partial charge < -0.3 is 5.32 Å². The molecule has 0 heterocycles. The van der Waals surface area contributed by atoms with Crippen molar-refractivity contribution >= 4 is 22.4 Å². The number of nitrogens with one attached hydrogen (secondary N) is 1. The van der Waals surface area contributed by atoms with Crippen molar-refractivity contribution in [2.45, 2.75) is 23.9 Å². The van der Waals surface area contributed by atoms with E-state index < -0.39 is 35.7 Å². The number of rotatable bonds is 4. The lowest BCUT2D eigenvalue weighted by atomic mass is 10.2. The van der Waals surface area contributed by atoms with Crippen LogP contribution in [0.4, 0.5) is 18.9 Å². The van der Waals surface area contributed by atoms with Crippen molar-refractivity contribution in [1.82, 2.24) is 0 Å². The summed E-state index contributed by atoms with van der Waals surface area (Å²) in [6.07, 6.45) is -4.74. The predicted octanol–water partition coefficient (Wildman–Crippen LogP) is 2.71. The summed E-state index contributed by atoms with van der Waals surface area (Å²) < 4.78 is 47.1. The number of hydrogen-bond donors (Lipinski definition) is 1. The Hall–Kier alpha value is -1.37. The Morgan fingerprint density at radius 3 is 2.50 bits per heavy atom. The van der Waals surface area contributed by atoms with E-state index in [1.807, 2.05) is 0 Å². The third-order valence-electron chi connectivity index (χ3n) is 2.11. The fourth-order valence-electron chi connectivity index (χ4n) is 1.29. The molecule has 0 aliphatic rings. The molecule has 0 fully saturated rings. The molecule has 1 aromatic carbocycles. The molecule has 7 heteroatoms. The van der Waals surface area contributed by atoms with Crippen LogP contribution in [0.3, 0.4) is 0 Å². The van der Waals surface area contributed by atoms with Crippen LogP contribution < -0.4 is 5.32 Å². The standard InChI is InChI=1S/C11H12F3NO2S/c1-18(17)9-5-3-2-4-8(9)15-10(16)6-7-11(12,13)14/h2-5H,6-7H2,1H3,(H,15,16). The van der Waals surface area contributed by atoms with E-state index in [-0.39, 0.29) is 5.69 Å². The van der Waals surface area contributed by atoms with E-state index in [0.717, 1.165) is 0 Å². The van der Waals surface area contributed by atoms with Gasteiger partial charge in [0.05, 0.1) is 27.8 Å². The molecule has 0 saturated heterocycles. The number of para-hydroxylation sites is 1. The van der Waals surface area contributed by atoms with Crippen LogP contribution in [-0.4, -0.2) is 22.5 Å². The molecule has 0 saturated carbocycles. The van der Waals surface area contributed by atoms with Gasteiger partial charge in [-0.15, -0.1) is 0 Å². The zero-order chi connectivity index (χ0) is 13.8. The predicted molar refractivity (Wildman–Crippen MR) is 62.7 cm³/mol. The van der Waals surface area contributed by atoms with Crippen LogP contribution in [0, 0.1) is 0 Å². The van der Waals surface area contributed by atoms with Crippen molar-refractivity contribution in [1.29, 1.82) is 0 Å². The monoisotopic (exact) mass is 279 g/mol. The highest BCUT2D eigenvalue weighted by Crippen LogP contribution is 2.23. The van der Waals surface area contributed by atoms with Crippen molar-refractivity contribution in [2.24, 2.45) is 0 Å². The second-order valence-electron chi connectivity index (χ2n) is 3.61. The van der Waals surface area contributed by atoms with E-state index in [2.05, 4.69) is 5.32 Å². The molecule has 18 heavy (non-hydrogen) atoms. The highest BCUT2D eigenvalue weighted by molar-refractivity contribution is 7.84. The second-order valence-corrected chi connectivity index (χ2v) is 4.96. The summed E-state index contributed by atoms with van der Waals surface area (Å²) in [5.41, 5.74) is 0.283. The molecule has 0 aromatic heterocycles. The zero-order valence-electron chi connectivity index (χ0n) is 9.58. The van der Waals surface area contributed by atoms with Gasteiger partial charge in [0.15, 0.2) is 0 Å². The van der Waals surface area contributed by atoms with E-state index in [1.54, 1.807) is 18.2 Å². The first-order chi connectivity index (χ1) is 8.29. The van der Waals surface area contributed by atoms with Gasteiger partial charge >= 0.3 is 6.18 Å². The molecule has 3 nitrogen and oxygen atoms in total. The van der Waals surface area contributed by atoms with Crippen molar-refractivity contribution in [3.05, 3.63) is 24.3 Å². The molecule has 1 unspecified atom stereocenters. The van der Waals surface area contributed by atoms with Crippen LogP contribution >= 0.6 is 0 Å². The highest BCUT2D eigenvalue weighted by atomic mass is 32.2. The number of hydrogen-bond acceptors (Lipinski definition) is 2. The zero-order valence-corrected chi connectivity index (χ0v) is 10.4. The molecule has 0 radical (unpaired) electrons. The summed E-state index contributed by atoms with van der Waals surface area (Å²) in [6.45, 7) is 0. The van der Waals surface area contributed by atoms with Crippen LogP contribution in [0.2, 0.25) is 0 Å². The average Bonchev–Trinajstić information content (AvgIpc) is 2.26. The molecule has 1 N–H and O–H groups in total. The maximum atomic E-state index is 11.9. The molecule has 100 valence electrons. The summed E-state index contributed by atoms with van der Waals surface area (Å²) in [5, 5.41) is 2.33. The lowest BCUT2D eigenvalue weighted by Crippen LogP contribution is -2.17. The van der Waals surface area contributed by atoms with Gasteiger partial charge in [-0.05, 0) is 12.1 Å². The average molecular weight is 279 g/mol. The lowest BCUT2D eigenvalue weighted by molar-refractivity contribution is -0.142. The summed E-state index contributed by atoms with van der Waals surface area (Å²) in [6, 6.07) is 6.30. The van der Waals surface area contributed by atoms with Crippen LogP contribution in [-0.2, 0) is 15.6 Å². The molecule has 1 rings (SSSR count). The molecule has 0 bridgehead atoms. The van der Waals surface area contributed by atoms with Crippen LogP contribution in [0.1, 0.15) is 12.8 Å². The van der Waals surface area contributed by atoms with Crippen molar-refractivity contribution in [3.8, 4) is 0 Å². The summed E-state index contributed by atoms with van der Waals surface area (Å²) in [5.74, 6) is -0.745. The quantitative estimate of drug-likeness (QED) is 0.921. The molecule has 0 aliphatic carbocycles. The minimum Gasteiger partial charge on any atom is -0.325 e.